The second-order valence-corrected chi connectivity index (χ2v) is 3.15. The van der Waals surface area contributed by atoms with Crippen LogP contribution in [0.3, 0.4) is 0 Å². The van der Waals surface area contributed by atoms with Crippen molar-refractivity contribution in [1.29, 1.82) is 0 Å². The maximum absolute atomic E-state index is 12.7. The number of hydrogen-bond donors (Lipinski definition) is 1. The fraction of sp³-hybridized carbons (Fsp3) is 0.143. The predicted octanol–water partition coefficient (Wildman–Crippen LogP) is 3.56. The first kappa shape index (κ1) is 9.17. The molecule has 60 valence electrons. The zero-order chi connectivity index (χ0) is 8.43. The molecule has 0 bridgehead atoms. The highest BCUT2D eigenvalue weighted by molar-refractivity contribution is 7.79. The standard InChI is InChI=1S/C7H5Cl2FS/c8-5-2-6(9)7(10)1-4(5)3-11/h1-2,11H,3H2. The molecule has 0 N–H and O–H groups in total. The first-order chi connectivity index (χ1) is 5.15. The van der Waals surface area contributed by atoms with Crippen molar-refractivity contribution in [2.75, 3.05) is 0 Å². The topological polar surface area (TPSA) is 0 Å². The van der Waals surface area contributed by atoms with Gasteiger partial charge in [0.25, 0.3) is 0 Å². The van der Waals surface area contributed by atoms with Crippen molar-refractivity contribution in [2.24, 2.45) is 0 Å². The van der Waals surface area contributed by atoms with Gasteiger partial charge in [0, 0.05) is 10.8 Å². The highest BCUT2D eigenvalue weighted by Gasteiger charge is 2.04. The Labute approximate surface area is 79.7 Å². The van der Waals surface area contributed by atoms with E-state index in [4.69, 9.17) is 23.2 Å². The molecule has 0 amide bonds. The summed E-state index contributed by atoms with van der Waals surface area (Å²) in [6.45, 7) is 0. The number of benzene rings is 1. The predicted molar refractivity (Wildman–Crippen MR) is 49.1 cm³/mol. The van der Waals surface area contributed by atoms with Crippen molar-refractivity contribution >= 4 is 35.8 Å². The molecule has 11 heavy (non-hydrogen) atoms. The summed E-state index contributed by atoms with van der Waals surface area (Å²) in [6, 6.07) is 2.67. The molecule has 0 saturated carbocycles. The molecule has 0 aliphatic heterocycles. The van der Waals surface area contributed by atoms with Crippen LogP contribution in [0, 0.1) is 5.82 Å². The Balaban J connectivity index is 3.21. The maximum Gasteiger partial charge on any atom is 0.142 e. The fourth-order valence-electron chi connectivity index (χ4n) is 0.685. The highest BCUT2D eigenvalue weighted by Crippen LogP contribution is 2.24. The average molecular weight is 211 g/mol. The molecule has 0 atom stereocenters. The van der Waals surface area contributed by atoms with Crippen LogP contribution in [0.15, 0.2) is 12.1 Å². The first-order valence-corrected chi connectivity index (χ1v) is 4.28. The molecular formula is C7H5Cl2FS. The van der Waals surface area contributed by atoms with Gasteiger partial charge in [0.1, 0.15) is 5.82 Å². The fourth-order valence-corrected chi connectivity index (χ4v) is 1.49. The van der Waals surface area contributed by atoms with E-state index in [1.165, 1.54) is 12.1 Å². The van der Waals surface area contributed by atoms with Crippen LogP contribution < -0.4 is 0 Å². The molecule has 4 heteroatoms. The molecule has 0 spiro atoms. The average Bonchev–Trinajstić information content (AvgIpc) is 1.97. The minimum atomic E-state index is -0.458. The lowest BCUT2D eigenvalue weighted by Crippen LogP contribution is -1.84. The third-order valence-electron chi connectivity index (χ3n) is 1.26. The Morgan fingerprint density at radius 3 is 2.45 bits per heavy atom. The Bertz CT molecular complexity index is 275. The Hall–Kier alpha value is 0.0800. The molecule has 0 radical (unpaired) electrons. The first-order valence-electron chi connectivity index (χ1n) is 2.89. The van der Waals surface area contributed by atoms with Gasteiger partial charge in [-0.1, -0.05) is 23.2 Å². The van der Waals surface area contributed by atoms with E-state index in [1.54, 1.807) is 0 Å². The molecule has 0 saturated heterocycles. The molecule has 0 nitrogen and oxygen atoms in total. The molecule has 0 heterocycles. The van der Waals surface area contributed by atoms with Gasteiger partial charge in [-0.15, -0.1) is 0 Å². The van der Waals surface area contributed by atoms with Crippen LogP contribution in [0.1, 0.15) is 5.56 Å². The van der Waals surface area contributed by atoms with Crippen LogP contribution in [0.5, 0.6) is 0 Å². The minimum absolute atomic E-state index is 0.0422. The summed E-state index contributed by atoms with van der Waals surface area (Å²) in [7, 11) is 0. The van der Waals surface area contributed by atoms with Crippen molar-refractivity contribution in [1.82, 2.24) is 0 Å². The van der Waals surface area contributed by atoms with Crippen LogP contribution in [-0.4, -0.2) is 0 Å². The van der Waals surface area contributed by atoms with Crippen LogP contribution in [-0.2, 0) is 5.75 Å². The van der Waals surface area contributed by atoms with Crippen molar-refractivity contribution in [2.45, 2.75) is 5.75 Å². The molecule has 1 aromatic carbocycles. The second kappa shape index (κ2) is 3.65. The van der Waals surface area contributed by atoms with E-state index in [0.717, 1.165) is 0 Å². The van der Waals surface area contributed by atoms with Crippen molar-refractivity contribution < 1.29 is 4.39 Å². The number of rotatable bonds is 1. The lowest BCUT2D eigenvalue weighted by molar-refractivity contribution is 0.627. The molecule has 0 aliphatic carbocycles. The van der Waals surface area contributed by atoms with E-state index in [9.17, 15) is 4.39 Å². The summed E-state index contributed by atoms with van der Waals surface area (Å²) in [6.07, 6.45) is 0. The van der Waals surface area contributed by atoms with E-state index >= 15 is 0 Å². The lowest BCUT2D eigenvalue weighted by Gasteiger charge is -2.01. The summed E-state index contributed by atoms with van der Waals surface area (Å²) in [5.74, 6) is -0.0486. The van der Waals surface area contributed by atoms with E-state index < -0.39 is 5.82 Å². The molecular weight excluding hydrogens is 206 g/mol. The van der Waals surface area contributed by atoms with Gasteiger partial charge in [0.15, 0.2) is 0 Å². The van der Waals surface area contributed by atoms with Gasteiger partial charge < -0.3 is 0 Å². The van der Waals surface area contributed by atoms with Gasteiger partial charge >= 0.3 is 0 Å². The Morgan fingerprint density at radius 2 is 1.91 bits per heavy atom. The second-order valence-electron chi connectivity index (χ2n) is 2.02. The summed E-state index contributed by atoms with van der Waals surface area (Å²) in [5, 5.41) is 0.493. The van der Waals surface area contributed by atoms with Gasteiger partial charge in [0.2, 0.25) is 0 Å². The Kier molecular flexibility index (Phi) is 3.05. The van der Waals surface area contributed by atoms with Crippen molar-refractivity contribution in [3.63, 3.8) is 0 Å². The summed E-state index contributed by atoms with van der Waals surface area (Å²) in [5.41, 5.74) is 0.650. The van der Waals surface area contributed by atoms with Crippen LogP contribution in [0.4, 0.5) is 4.39 Å². The van der Waals surface area contributed by atoms with E-state index in [1.807, 2.05) is 0 Å². The third kappa shape index (κ3) is 2.01. The van der Waals surface area contributed by atoms with Crippen LogP contribution in [0.2, 0.25) is 10.0 Å². The van der Waals surface area contributed by atoms with Gasteiger partial charge in [-0.05, 0) is 17.7 Å². The van der Waals surface area contributed by atoms with Gasteiger partial charge in [-0.3, -0.25) is 0 Å². The normalized spacial score (nSPS) is 10.2. The maximum atomic E-state index is 12.7. The third-order valence-corrected chi connectivity index (χ3v) is 2.24. The SMILES string of the molecule is Fc1cc(CS)c(Cl)cc1Cl. The minimum Gasteiger partial charge on any atom is -0.205 e. The lowest BCUT2D eigenvalue weighted by atomic mass is 10.2. The molecule has 0 fully saturated rings. The van der Waals surface area contributed by atoms with Gasteiger partial charge in [-0.25, -0.2) is 4.39 Å². The molecule has 1 aromatic rings. The number of thiol groups is 1. The zero-order valence-electron chi connectivity index (χ0n) is 5.44. The molecule has 0 aromatic heterocycles. The summed E-state index contributed by atoms with van der Waals surface area (Å²) >= 11 is 15.1. The van der Waals surface area contributed by atoms with Crippen molar-refractivity contribution in [3.05, 3.63) is 33.6 Å². The summed E-state index contributed by atoms with van der Waals surface area (Å²) in [4.78, 5) is 0. The van der Waals surface area contributed by atoms with E-state index in [-0.39, 0.29) is 5.02 Å². The van der Waals surface area contributed by atoms with Crippen molar-refractivity contribution in [3.8, 4) is 0 Å². The quantitative estimate of drug-likeness (QED) is 0.532. The smallest absolute Gasteiger partial charge is 0.142 e. The number of hydrogen-bond acceptors (Lipinski definition) is 1. The van der Waals surface area contributed by atoms with E-state index in [0.29, 0.717) is 16.3 Å². The van der Waals surface area contributed by atoms with Crippen LogP contribution >= 0.6 is 35.8 Å². The summed E-state index contributed by atoms with van der Waals surface area (Å²) < 4.78 is 12.7. The monoisotopic (exact) mass is 210 g/mol. The highest BCUT2D eigenvalue weighted by atomic mass is 35.5. The van der Waals surface area contributed by atoms with E-state index in [2.05, 4.69) is 12.6 Å². The van der Waals surface area contributed by atoms with Crippen LogP contribution in [0.25, 0.3) is 0 Å². The largest absolute Gasteiger partial charge is 0.205 e. The number of halogens is 3. The Morgan fingerprint density at radius 1 is 1.27 bits per heavy atom. The molecule has 0 aliphatic rings. The van der Waals surface area contributed by atoms with Gasteiger partial charge in [0.05, 0.1) is 5.02 Å². The zero-order valence-corrected chi connectivity index (χ0v) is 7.85. The van der Waals surface area contributed by atoms with Gasteiger partial charge in [-0.2, -0.15) is 12.6 Å². The molecule has 0 unspecified atom stereocenters. The molecule has 1 rings (SSSR count).